The molecule has 28 heavy (non-hydrogen) atoms. The summed E-state index contributed by atoms with van der Waals surface area (Å²) >= 11 is 0. The number of benzene rings is 2. The molecule has 2 N–H and O–H groups in total. The van der Waals surface area contributed by atoms with Crippen LogP contribution in [0.2, 0.25) is 0 Å². The van der Waals surface area contributed by atoms with Gasteiger partial charge in [-0.05, 0) is 22.4 Å². The average molecular weight is 386 g/mol. The van der Waals surface area contributed by atoms with Crippen LogP contribution in [-0.2, 0) is 16.1 Å². The Morgan fingerprint density at radius 2 is 2.00 bits per heavy atom. The zero-order chi connectivity index (χ0) is 19.7. The standard InChI is InChI=1S/C20H19FN2O5/c21-15-9-23(20(26)22-19(15)25)18-8-16(17(10-24)28-18)27-11-12-5-6-13-3-1-2-4-14(13)7-12/h1-7,9,16-18,24H,8,10-11H2,(H,22,25,26)/t16-,17+,18+/m0/s1. The molecule has 4 rings (SSSR count). The van der Waals surface area contributed by atoms with Crippen molar-refractivity contribution in [1.29, 1.82) is 0 Å². The molecule has 2 aromatic carbocycles. The minimum atomic E-state index is -1.08. The lowest BCUT2D eigenvalue weighted by Crippen LogP contribution is -2.34. The third-order valence-corrected chi connectivity index (χ3v) is 4.87. The van der Waals surface area contributed by atoms with E-state index in [4.69, 9.17) is 9.47 Å². The smallest absolute Gasteiger partial charge is 0.330 e. The number of nitrogens with zero attached hydrogens (tertiary/aromatic N) is 1. The van der Waals surface area contributed by atoms with Gasteiger partial charge in [-0.2, -0.15) is 4.39 Å². The van der Waals surface area contributed by atoms with Gasteiger partial charge < -0.3 is 14.6 Å². The summed E-state index contributed by atoms with van der Waals surface area (Å²) < 4.78 is 26.1. The molecule has 0 radical (unpaired) electrons. The summed E-state index contributed by atoms with van der Waals surface area (Å²) in [6.07, 6.45) is -0.927. The van der Waals surface area contributed by atoms with Crippen LogP contribution in [0.4, 0.5) is 4.39 Å². The molecule has 0 amide bonds. The maximum absolute atomic E-state index is 13.5. The van der Waals surface area contributed by atoms with Gasteiger partial charge in [0.1, 0.15) is 12.3 Å². The molecule has 2 heterocycles. The van der Waals surface area contributed by atoms with Crippen molar-refractivity contribution in [2.24, 2.45) is 0 Å². The first kappa shape index (κ1) is 18.5. The third-order valence-electron chi connectivity index (χ3n) is 4.87. The highest BCUT2D eigenvalue weighted by Crippen LogP contribution is 2.30. The molecule has 3 atom stereocenters. The fourth-order valence-electron chi connectivity index (χ4n) is 3.42. The van der Waals surface area contributed by atoms with E-state index in [0.717, 1.165) is 27.1 Å². The van der Waals surface area contributed by atoms with E-state index in [1.54, 1.807) is 0 Å². The van der Waals surface area contributed by atoms with Gasteiger partial charge in [0.15, 0.2) is 0 Å². The summed E-state index contributed by atoms with van der Waals surface area (Å²) in [5.74, 6) is -1.08. The molecular formula is C20H19FN2O5. The van der Waals surface area contributed by atoms with Crippen molar-refractivity contribution in [2.75, 3.05) is 6.61 Å². The normalized spacial score (nSPS) is 22.0. The molecule has 146 valence electrons. The van der Waals surface area contributed by atoms with Gasteiger partial charge in [-0.1, -0.05) is 36.4 Å². The number of aromatic amines is 1. The van der Waals surface area contributed by atoms with E-state index in [9.17, 15) is 19.1 Å². The van der Waals surface area contributed by atoms with E-state index in [1.165, 1.54) is 0 Å². The number of nitrogens with one attached hydrogen (secondary N) is 1. The maximum atomic E-state index is 13.5. The highest BCUT2D eigenvalue weighted by molar-refractivity contribution is 5.82. The predicted molar refractivity (Wildman–Crippen MR) is 99.4 cm³/mol. The number of hydrogen-bond donors (Lipinski definition) is 2. The molecule has 7 nitrogen and oxygen atoms in total. The van der Waals surface area contributed by atoms with Crippen LogP contribution in [0.5, 0.6) is 0 Å². The second kappa shape index (κ2) is 7.67. The van der Waals surface area contributed by atoms with E-state index in [0.29, 0.717) is 6.61 Å². The number of hydrogen-bond acceptors (Lipinski definition) is 5. The van der Waals surface area contributed by atoms with Gasteiger partial charge in [0.05, 0.1) is 25.5 Å². The zero-order valence-electron chi connectivity index (χ0n) is 14.9. The average Bonchev–Trinajstić information content (AvgIpc) is 3.12. The maximum Gasteiger partial charge on any atom is 0.330 e. The Morgan fingerprint density at radius 1 is 1.21 bits per heavy atom. The van der Waals surface area contributed by atoms with Gasteiger partial charge in [-0.15, -0.1) is 0 Å². The number of halogens is 1. The van der Waals surface area contributed by atoms with Crippen LogP contribution in [-0.4, -0.2) is 33.5 Å². The molecule has 1 aliphatic heterocycles. The van der Waals surface area contributed by atoms with Gasteiger partial charge in [-0.25, -0.2) is 4.79 Å². The molecule has 0 unspecified atom stereocenters. The van der Waals surface area contributed by atoms with Crippen LogP contribution in [0.3, 0.4) is 0 Å². The van der Waals surface area contributed by atoms with Crippen molar-refractivity contribution in [1.82, 2.24) is 9.55 Å². The van der Waals surface area contributed by atoms with Crippen LogP contribution in [0.15, 0.2) is 58.3 Å². The fourth-order valence-corrected chi connectivity index (χ4v) is 3.42. The first-order valence-corrected chi connectivity index (χ1v) is 8.91. The molecule has 1 fully saturated rings. The largest absolute Gasteiger partial charge is 0.394 e. The van der Waals surface area contributed by atoms with E-state index in [2.05, 4.69) is 0 Å². The van der Waals surface area contributed by atoms with Crippen molar-refractivity contribution in [3.8, 4) is 0 Å². The molecule has 8 heteroatoms. The Morgan fingerprint density at radius 3 is 2.79 bits per heavy atom. The molecule has 1 saturated heterocycles. The van der Waals surface area contributed by atoms with Crippen molar-refractivity contribution < 1.29 is 19.0 Å². The number of fused-ring (bicyclic) bond motifs is 1. The molecular weight excluding hydrogens is 367 g/mol. The highest BCUT2D eigenvalue weighted by Gasteiger charge is 2.37. The number of rotatable bonds is 5. The van der Waals surface area contributed by atoms with Gasteiger partial charge in [0.25, 0.3) is 5.56 Å². The van der Waals surface area contributed by atoms with Crippen LogP contribution in [0, 0.1) is 5.82 Å². The van der Waals surface area contributed by atoms with Gasteiger partial charge in [-0.3, -0.25) is 14.3 Å². The van der Waals surface area contributed by atoms with E-state index in [1.807, 2.05) is 47.4 Å². The Balaban J connectivity index is 1.49. The van der Waals surface area contributed by atoms with Crippen LogP contribution in [0.1, 0.15) is 18.2 Å². The topological polar surface area (TPSA) is 93.6 Å². The first-order chi connectivity index (χ1) is 13.5. The number of H-pyrrole nitrogens is 1. The molecule has 0 saturated carbocycles. The van der Waals surface area contributed by atoms with Crippen molar-refractivity contribution in [2.45, 2.75) is 31.5 Å². The van der Waals surface area contributed by atoms with E-state index >= 15 is 0 Å². The minimum Gasteiger partial charge on any atom is -0.394 e. The third kappa shape index (κ3) is 3.62. The lowest BCUT2D eigenvalue weighted by atomic mass is 10.1. The highest BCUT2D eigenvalue weighted by atomic mass is 19.1. The minimum absolute atomic E-state index is 0.240. The summed E-state index contributed by atoms with van der Waals surface area (Å²) in [6.45, 7) is -0.00353. The zero-order valence-corrected chi connectivity index (χ0v) is 14.9. The Hall–Kier alpha value is -2.81. The lowest BCUT2D eigenvalue weighted by molar-refractivity contribution is -0.0659. The van der Waals surface area contributed by atoms with Crippen molar-refractivity contribution in [3.05, 3.63) is 80.9 Å². The number of ether oxygens (including phenoxy) is 2. The molecule has 1 aromatic heterocycles. The summed E-state index contributed by atoms with van der Waals surface area (Å²) in [7, 11) is 0. The summed E-state index contributed by atoms with van der Waals surface area (Å²) in [5.41, 5.74) is -0.892. The monoisotopic (exact) mass is 386 g/mol. The molecule has 1 aliphatic rings. The quantitative estimate of drug-likeness (QED) is 0.696. The second-order valence-corrected chi connectivity index (χ2v) is 6.72. The van der Waals surface area contributed by atoms with E-state index in [-0.39, 0.29) is 13.0 Å². The molecule has 3 aromatic rings. The SMILES string of the molecule is O=c1[nH]c(=O)n([C@H]2C[C@H](OCc3ccc4ccccc4c3)[C@@H](CO)O2)cc1F. The van der Waals surface area contributed by atoms with Gasteiger partial charge in [0.2, 0.25) is 5.82 Å². The molecule has 0 bridgehead atoms. The van der Waals surface area contributed by atoms with Crippen molar-refractivity contribution >= 4 is 10.8 Å². The molecule has 0 aliphatic carbocycles. The van der Waals surface area contributed by atoms with Crippen LogP contribution >= 0.6 is 0 Å². The Labute approximate surface area is 159 Å². The number of aliphatic hydroxyl groups is 1. The predicted octanol–water partition coefficient (Wildman–Crippen LogP) is 1.69. The van der Waals surface area contributed by atoms with Gasteiger partial charge in [0, 0.05) is 6.42 Å². The van der Waals surface area contributed by atoms with Crippen LogP contribution in [0.25, 0.3) is 10.8 Å². The number of aliphatic hydroxyl groups excluding tert-OH is 1. The molecule has 0 spiro atoms. The van der Waals surface area contributed by atoms with Crippen LogP contribution < -0.4 is 11.2 Å². The van der Waals surface area contributed by atoms with E-state index < -0.39 is 35.5 Å². The Bertz CT molecular complexity index is 1110. The number of aromatic nitrogens is 2. The Kier molecular flexibility index (Phi) is 5.08. The summed E-state index contributed by atoms with van der Waals surface area (Å²) in [5, 5.41) is 11.8. The second-order valence-electron chi connectivity index (χ2n) is 6.72. The van der Waals surface area contributed by atoms with Crippen molar-refractivity contribution in [3.63, 3.8) is 0 Å². The van der Waals surface area contributed by atoms with Gasteiger partial charge >= 0.3 is 5.69 Å². The first-order valence-electron chi connectivity index (χ1n) is 8.91. The summed E-state index contributed by atoms with van der Waals surface area (Å²) in [6, 6.07) is 14.0. The summed E-state index contributed by atoms with van der Waals surface area (Å²) in [4.78, 5) is 25.0. The lowest BCUT2D eigenvalue weighted by Gasteiger charge is -2.16. The fraction of sp³-hybridized carbons (Fsp3) is 0.300.